The Kier molecular flexibility index (Phi) is 28.5. The molecule has 5 aromatic rings. The van der Waals surface area contributed by atoms with Crippen molar-refractivity contribution in [3.8, 4) is 5.88 Å². The van der Waals surface area contributed by atoms with Gasteiger partial charge in [0.25, 0.3) is 23.3 Å². The molecule has 3 aliphatic heterocycles. The van der Waals surface area contributed by atoms with E-state index in [1.807, 2.05) is 0 Å². The van der Waals surface area contributed by atoms with Crippen LogP contribution in [-0.2, 0) is 105 Å². The number of hydrogen-bond acceptors (Lipinski definition) is 27. The fourth-order valence-corrected chi connectivity index (χ4v) is 13.7. The summed E-state index contributed by atoms with van der Waals surface area (Å²) < 4.78 is 83.6. The molecule has 0 spiro atoms. The molecule has 1 saturated carbocycles. The van der Waals surface area contributed by atoms with Crippen molar-refractivity contribution in [3.05, 3.63) is 113 Å². The predicted molar refractivity (Wildman–Crippen MR) is 362 cm³/mol. The number of H-pyrrole nitrogens is 1. The van der Waals surface area contributed by atoms with Crippen molar-refractivity contribution in [3.63, 3.8) is 0 Å². The number of aliphatic hydroxyl groups is 1. The Hall–Kier alpha value is -7.55. The molecule has 39 heteroatoms. The van der Waals surface area contributed by atoms with E-state index in [2.05, 4.69) is 58.4 Å². The highest BCUT2D eigenvalue weighted by Gasteiger charge is 2.51. The molecule has 7 N–H and O–H groups in total. The zero-order valence-electron chi connectivity index (χ0n) is 55.4. The van der Waals surface area contributed by atoms with Gasteiger partial charge in [-0.1, -0.05) is 56.4 Å². The van der Waals surface area contributed by atoms with Crippen molar-refractivity contribution in [2.45, 2.75) is 102 Å². The number of thiol groups is 1. The van der Waals surface area contributed by atoms with E-state index < -0.39 is 110 Å². The third kappa shape index (κ3) is 22.7. The second-order valence-electron chi connectivity index (χ2n) is 23.8. The van der Waals surface area contributed by atoms with Gasteiger partial charge >= 0.3 is 19.6 Å². The Bertz CT molecular complexity index is 3860. The summed E-state index contributed by atoms with van der Waals surface area (Å²) in [6.45, 7) is -1.60. The van der Waals surface area contributed by atoms with Crippen molar-refractivity contribution >= 4 is 102 Å². The molecule has 2 unspecified atom stereocenters. The van der Waals surface area contributed by atoms with Gasteiger partial charge in [-0.15, -0.1) is 0 Å². The zero-order valence-corrected chi connectivity index (χ0v) is 58.9. The topological polar surface area (TPSA) is 432 Å². The fraction of sp³-hybridized carbons (Fsp3) is 0.516. The van der Waals surface area contributed by atoms with E-state index in [-0.39, 0.29) is 106 Å². The Morgan fingerprint density at radius 3 is 2.16 bits per heavy atom. The minimum absolute atomic E-state index is 0.0243. The number of fused-ring (bicyclic) bond motifs is 4. The number of anilines is 2. The third-order valence-electron chi connectivity index (χ3n) is 16.0. The van der Waals surface area contributed by atoms with E-state index in [0.29, 0.717) is 68.8 Å². The van der Waals surface area contributed by atoms with E-state index in [4.69, 9.17) is 67.8 Å². The summed E-state index contributed by atoms with van der Waals surface area (Å²) >= 11 is 9.62. The predicted octanol–water partition coefficient (Wildman–Crippen LogP) is 3.10. The van der Waals surface area contributed by atoms with Gasteiger partial charge in [-0.25, -0.2) is 24.3 Å². The number of benzene rings is 2. The summed E-state index contributed by atoms with van der Waals surface area (Å²) in [7, 11) is 1.46. The molecule has 0 radical (unpaired) electrons. The van der Waals surface area contributed by atoms with Gasteiger partial charge in [0, 0.05) is 68.0 Å². The van der Waals surface area contributed by atoms with E-state index >= 15 is 0 Å². The van der Waals surface area contributed by atoms with Crippen molar-refractivity contribution < 1.29 is 104 Å². The molecule has 7 amide bonds. The number of aliphatic hydroxyl groups excluding tert-OH is 1. The molecule has 11 atom stereocenters. The minimum Gasteiger partial charge on any atom is -0.474 e. The van der Waals surface area contributed by atoms with Crippen LogP contribution in [-0.4, -0.2) is 226 Å². The lowest BCUT2D eigenvalue weighted by Crippen LogP contribution is -2.53. The van der Waals surface area contributed by atoms with Crippen LogP contribution < -0.4 is 31.6 Å². The number of nitrogens with zero attached hydrogens (tertiary/aromatic N) is 7. The number of carbonyl (C=O) groups excluding carboxylic acids is 7. The van der Waals surface area contributed by atoms with Crippen LogP contribution in [0.1, 0.15) is 67.7 Å². The second-order valence-corrected chi connectivity index (χ2v) is 29.4. The van der Waals surface area contributed by atoms with Crippen molar-refractivity contribution in [2.24, 2.45) is 11.8 Å². The van der Waals surface area contributed by atoms with Crippen LogP contribution in [0.15, 0.2) is 90.4 Å². The first-order chi connectivity index (χ1) is 48.4. The summed E-state index contributed by atoms with van der Waals surface area (Å²) in [5.41, 5.74) is 0.200. The van der Waals surface area contributed by atoms with E-state index in [0.717, 1.165) is 11.2 Å². The smallest absolute Gasteiger partial charge is 0.410 e. The van der Waals surface area contributed by atoms with Crippen LogP contribution in [0.5, 0.6) is 5.88 Å². The van der Waals surface area contributed by atoms with Gasteiger partial charge < -0.3 is 82.3 Å². The summed E-state index contributed by atoms with van der Waals surface area (Å²) in [6.07, 6.45) is -1.07. The maximum absolute atomic E-state index is 14.0. The molecule has 2 aromatic carbocycles. The molecule has 6 heterocycles. The molecule has 4 aliphatic rings. The number of aromatic amines is 1. The van der Waals surface area contributed by atoms with Crippen molar-refractivity contribution in [1.82, 2.24) is 49.9 Å². The molecule has 548 valence electrons. The van der Waals surface area contributed by atoms with Crippen LogP contribution in [0.25, 0.3) is 11.2 Å². The van der Waals surface area contributed by atoms with Crippen molar-refractivity contribution in [2.75, 3.05) is 104 Å². The lowest BCUT2D eigenvalue weighted by Gasteiger charge is -2.27. The Balaban J connectivity index is 0.680. The van der Waals surface area contributed by atoms with Gasteiger partial charge in [0.2, 0.25) is 29.5 Å². The lowest BCUT2D eigenvalue weighted by molar-refractivity contribution is -0.137. The largest absolute Gasteiger partial charge is 0.474 e. The highest BCUT2D eigenvalue weighted by atomic mass is 32.7. The molecule has 1 aliphatic carbocycles. The van der Waals surface area contributed by atoms with Gasteiger partial charge in [-0.3, -0.25) is 57.9 Å². The van der Waals surface area contributed by atoms with E-state index in [1.54, 1.807) is 62.4 Å². The molecule has 101 heavy (non-hydrogen) atoms. The first kappa shape index (κ1) is 77.6. The number of imide groups is 1. The number of rotatable bonds is 33. The number of ether oxygens (including phenoxy) is 8. The van der Waals surface area contributed by atoms with Crippen LogP contribution >= 0.6 is 25.8 Å². The van der Waals surface area contributed by atoms with Crippen LogP contribution in [0.4, 0.5) is 16.4 Å². The van der Waals surface area contributed by atoms with Gasteiger partial charge in [0.15, 0.2) is 17.4 Å². The third-order valence-corrected chi connectivity index (χ3v) is 19.2. The molecule has 3 fully saturated rings. The number of hydrogen-bond donors (Lipinski definition) is 8. The van der Waals surface area contributed by atoms with Gasteiger partial charge in [0.05, 0.1) is 98.3 Å². The quantitative estimate of drug-likeness (QED) is 0.0129. The number of aromatic nitrogens is 6. The summed E-state index contributed by atoms with van der Waals surface area (Å²) in [5.74, 6) is -3.91. The van der Waals surface area contributed by atoms with Crippen LogP contribution in [0.3, 0.4) is 0 Å². The van der Waals surface area contributed by atoms with Gasteiger partial charge in [0.1, 0.15) is 49.4 Å². The maximum atomic E-state index is 14.0. The first-order valence-electron chi connectivity index (χ1n) is 32.1. The minimum atomic E-state index is -4.38. The molecule has 2 bridgehead atoms. The highest BCUT2D eigenvalue weighted by Crippen LogP contribution is 2.59. The molecule has 35 nitrogen and oxygen atoms in total. The summed E-state index contributed by atoms with van der Waals surface area (Å²) in [4.78, 5) is 136. The van der Waals surface area contributed by atoms with Gasteiger partial charge in [-0.2, -0.15) is 4.98 Å². The number of nitrogens with one attached hydrogen (secondary N) is 5. The average molecular weight is 1490 g/mol. The Morgan fingerprint density at radius 1 is 0.812 bits per heavy atom. The molecular weight excluding hydrogens is 1410 g/mol. The SMILES string of the molecule is CC(C)[C@H](NC(=O)CCOCCOCCOCCOCCOCCN1C(=O)C=CC1=O)C(=O)N[C@@H](C)C(=O)Nc1ccc(COC(=O)N(C)Cc2ccccc2C(=O)Nc2nc3c(ncn3[C@@H]3O[C@H]4COP(O)(=S)O[C@H]5C[C@H](Oc6ccncn6)C[C@@H]5COP(=O)(S)O[C@@H]3[C@@H]4O)c(=O)[nH]2)cc1. The molecule has 9 rings (SSSR count). The zero-order chi connectivity index (χ0) is 72.2. The first-order valence-corrected chi connectivity index (χ1v) is 37.4. The summed E-state index contributed by atoms with van der Waals surface area (Å²) in [6, 6.07) is 12.4. The number of imidazole rings is 1. The standard InChI is InChI=1S/C62H80N12O23P2S2/c1-37(2)51(68-47(75)16-19-86-21-23-88-25-27-90-28-26-89-24-22-87-20-18-73-49(76)13-14-50(73)77)58(81)66-38(3)56(79)67-42-11-9-39(10-12-42)32-91-62(83)72(4)31-40-7-5-6-8-44(40)57(80)70-61-69-55-52(59(82)71-61)65-36-74(55)60-54-53(78)46(95-60)34-93-98(84,100)96-45-30-43(94-48-15-17-63-35-64-48)29-41(45)33-92-99(85,101)97-54/h5-15,17,35-38,41,43,45-46,51,53-54,60,78H,16,18-34H2,1-4H3,(H,66,81)(H,67,79)(H,68,75)(H,84,100)(H,85,101)(H2,69,70,71,80,82)/t38-,41+,43+,45-,46-,51-,53+,54+,60+,98?,99?/m0/s1. The average Bonchev–Trinajstić information content (AvgIpc) is 1.61. The van der Waals surface area contributed by atoms with Crippen LogP contribution in [0, 0.1) is 11.8 Å². The molecular formula is C62H80N12O23P2S2. The summed E-state index contributed by atoms with van der Waals surface area (Å²) in [5, 5.41) is 22.3. The van der Waals surface area contributed by atoms with Crippen LogP contribution in [0.2, 0.25) is 0 Å². The lowest BCUT2D eigenvalue weighted by atomic mass is 10.0. The highest BCUT2D eigenvalue weighted by molar-refractivity contribution is 8.44. The monoisotopic (exact) mass is 1490 g/mol. The maximum Gasteiger partial charge on any atom is 0.410 e. The molecule has 3 aromatic heterocycles. The van der Waals surface area contributed by atoms with Gasteiger partial charge in [-0.05, 0) is 60.4 Å². The Morgan fingerprint density at radius 2 is 1.49 bits per heavy atom. The molecule has 2 saturated heterocycles. The van der Waals surface area contributed by atoms with Crippen molar-refractivity contribution in [1.29, 1.82) is 0 Å². The number of carbonyl (C=O) groups is 7. The Labute approximate surface area is 589 Å². The second kappa shape index (κ2) is 37.1. The normalized spacial score (nSPS) is 23.5. The van der Waals surface area contributed by atoms with E-state index in [1.165, 1.54) is 54.2 Å². The van der Waals surface area contributed by atoms with E-state index in [9.17, 15) is 52.9 Å². The number of amides is 7. The fourth-order valence-electron chi connectivity index (χ4n) is 10.7.